The zero-order chi connectivity index (χ0) is 24.0. The Hall–Kier alpha value is -4.15. The lowest BCUT2D eigenvalue weighted by Crippen LogP contribution is -2.34. The van der Waals surface area contributed by atoms with Crippen LogP contribution in [0.5, 0.6) is 0 Å². The van der Waals surface area contributed by atoms with E-state index >= 15 is 0 Å². The Morgan fingerprint density at radius 2 is 1.94 bits per heavy atom. The minimum Gasteiger partial charge on any atom is -0.369 e. The van der Waals surface area contributed by atoms with Gasteiger partial charge in [-0.3, -0.25) is 19.6 Å². The van der Waals surface area contributed by atoms with E-state index in [9.17, 15) is 14.9 Å². The molecule has 34 heavy (non-hydrogen) atoms. The SMILES string of the molecule is Cc1c(Nc2cc(N3CCCC(C)C3)c3nonc3c2[N+](=O)[O-])c(=O)n(-c2ccccc2)n1C. The van der Waals surface area contributed by atoms with Gasteiger partial charge in [-0.2, -0.15) is 0 Å². The first-order chi connectivity index (χ1) is 16.4. The maximum Gasteiger partial charge on any atom is 0.324 e. The van der Waals surface area contributed by atoms with Crippen molar-refractivity contribution in [2.45, 2.75) is 26.7 Å². The first-order valence-electron chi connectivity index (χ1n) is 11.2. The number of nitrogens with one attached hydrogen (secondary N) is 1. The number of para-hydroxylation sites is 1. The molecule has 2 aromatic carbocycles. The van der Waals surface area contributed by atoms with Crippen LogP contribution in [0.2, 0.25) is 0 Å². The minimum absolute atomic E-state index is 0.0557. The average Bonchev–Trinajstić information content (AvgIpc) is 3.38. The average molecular weight is 463 g/mol. The molecule has 0 radical (unpaired) electrons. The summed E-state index contributed by atoms with van der Waals surface area (Å²) in [6, 6.07) is 10.9. The Bertz CT molecular complexity index is 1440. The molecule has 1 aliphatic heterocycles. The van der Waals surface area contributed by atoms with E-state index in [0.717, 1.165) is 25.9 Å². The Morgan fingerprint density at radius 3 is 2.65 bits per heavy atom. The highest BCUT2D eigenvalue weighted by molar-refractivity contribution is 6.00. The van der Waals surface area contributed by atoms with Crippen molar-refractivity contribution in [1.82, 2.24) is 19.7 Å². The highest BCUT2D eigenvalue weighted by Gasteiger charge is 2.30. The second kappa shape index (κ2) is 8.32. The molecule has 0 amide bonds. The fourth-order valence-electron chi connectivity index (χ4n) is 4.69. The lowest BCUT2D eigenvalue weighted by atomic mass is 9.99. The number of aromatic nitrogens is 4. The summed E-state index contributed by atoms with van der Waals surface area (Å²) in [5.41, 5.74) is 2.27. The summed E-state index contributed by atoms with van der Waals surface area (Å²) in [6.07, 6.45) is 2.13. The Kier molecular flexibility index (Phi) is 5.31. The van der Waals surface area contributed by atoms with Crippen LogP contribution in [0.3, 0.4) is 0 Å². The number of nitrogens with zero attached hydrogens (tertiary/aromatic N) is 6. The summed E-state index contributed by atoms with van der Waals surface area (Å²) in [5.74, 6) is 0.477. The summed E-state index contributed by atoms with van der Waals surface area (Å²) < 4.78 is 8.16. The van der Waals surface area contributed by atoms with Crippen LogP contribution < -0.4 is 15.8 Å². The van der Waals surface area contributed by atoms with E-state index in [0.29, 0.717) is 28.5 Å². The summed E-state index contributed by atoms with van der Waals surface area (Å²) in [5, 5.41) is 23.0. The van der Waals surface area contributed by atoms with Gasteiger partial charge in [-0.25, -0.2) is 9.31 Å². The molecule has 176 valence electrons. The molecule has 1 unspecified atom stereocenters. The fraction of sp³-hybridized carbons (Fsp3) is 0.348. The summed E-state index contributed by atoms with van der Waals surface area (Å²) >= 11 is 0. The van der Waals surface area contributed by atoms with Gasteiger partial charge in [-0.05, 0) is 54.2 Å². The van der Waals surface area contributed by atoms with Gasteiger partial charge in [-0.15, -0.1) is 0 Å². The summed E-state index contributed by atoms with van der Waals surface area (Å²) in [6.45, 7) is 5.56. The van der Waals surface area contributed by atoms with Crippen molar-refractivity contribution in [2.75, 3.05) is 23.3 Å². The topological polar surface area (TPSA) is 124 Å². The van der Waals surface area contributed by atoms with Crippen LogP contribution in [-0.2, 0) is 7.05 Å². The summed E-state index contributed by atoms with van der Waals surface area (Å²) in [4.78, 5) is 27.1. The van der Waals surface area contributed by atoms with E-state index in [1.807, 2.05) is 30.3 Å². The molecule has 0 saturated carbocycles. The van der Waals surface area contributed by atoms with Gasteiger partial charge >= 0.3 is 5.69 Å². The maximum absolute atomic E-state index is 13.4. The van der Waals surface area contributed by atoms with Crippen LogP contribution in [0.1, 0.15) is 25.5 Å². The zero-order valence-electron chi connectivity index (χ0n) is 19.2. The van der Waals surface area contributed by atoms with Crippen LogP contribution in [0.4, 0.5) is 22.7 Å². The molecule has 0 bridgehead atoms. The fourth-order valence-corrected chi connectivity index (χ4v) is 4.69. The molecular formula is C23H25N7O4. The monoisotopic (exact) mass is 463 g/mol. The largest absolute Gasteiger partial charge is 0.369 e. The molecule has 1 aliphatic rings. The molecule has 11 nitrogen and oxygen atoms in total. The van der Waals surface area contributed by atoms with Crippen molar-refractivity contribution in [1.29, 1.82) is 0 Å². The van der Waals surface area contributed by atoms with E-state index in [2.05, 4.69) is 27.5 Å². The van der Waals surface area contributed by atoms with Gasteiger partial charge in [-0.1, -0.05) is 25.1 Å². The summed E-state index contributed by atoms with van der Waals surface area (Å²) in [7, 11) is 1.77. The van der Waals surface area contributed by atoms with Crippen molar-refractivity contribution >= 4 is 33.8 Å². The van der Waals surface area contributed by atoms with E-state index in [-0.39, 0.29) is 28.1 Å². The van der Waals surface area contributed by atoms with Crippen molar-refractivity contribution in [3.05, 3.63) is 62.6 Å². The second-order valence-corrected chi connectivity index (χ2v) is 8.77. The molecule has 0 spiro atoms. The molecule has 3 heterocycles. The quantitative estimate of drug-likeness (QED) is 0.349. The van der Waals surface area contributed by atoms with Gasteiger partial charge in [0.2, 0.25) is 5.52 Å². The molecule has 1 atom stereocenters. The van der Waals surface area contributed by atoms with Gasteiger partial charge in [0.1, 0.15) is 11.4 Å². The lowest BCUT2D eigenvalue weighted by molar-refractivity contribution is -0.382. The lowest BCUT2D eigenvalue weighted by Gasteiger charge is -2.32. The Morgan fingerprint density at radius 1 is 1.21 bits per heavy atom. The van der Waals surface area contributed by atoms with E-state index in [4.69, 9.17) is 4.63 Å². The number of hydrogen-bond acceptors (Lipinski definition) is 8. The number of anilines is 3. The number of piperidine rings is 1. The molecule has 1 fully saturated rings. The van der Waals surface area contributed by atoms with Crippen LogP contribution in [-0.4, -0.2) is 37.7 Å². The number of nitro groups is 1. The zero-order valence-corrected chi connectivity index (χ0v) is 19.2. The highest BCUT2D eigenvalue weighted by Crippen LogP contribution is 2.40. The van der Waals surface area contributed by atoms with Crippen LogP contribution in [0.15, 0.2) is 45.8 Å². The molecule has 0 aliphatic carbocycles. The highest BCUT2D eigenvalue weighted by atomic mass is 16.6. The minimum atomic E-state index is -0.522. The first-order valence-corrected chi connectivity index (χ1v) is 11.2. The first kappa shape index (κ1) is 21.7. The maximum atomic E-state index is 13.4. The molecule has 4 aromatic rings. The van der Waals surface area contributed by atoms with Crippen LogP contribution in [0, 0.1) is 23.0 Å². The smallest absolute Gasteiger partial charge is 0.324 e. The Balaban J connectivity index is 1.67. The predicted octanol–water partition coefficient (Wildman–Crippen LogP) is 3.91. The molecule has 11 heteroatoms. The van der Waals surface area contributed by atoms with Crippen molar-refractivity contribution in [3.63, 3.8) is 0 Å². The third-order valence-electron chi connectivity index (χ3n) is 6.49. The third-order valence-corrected chi connectivity index (χ3v) is 6.49. The number of benzene rings is 2. The van der Waals surface area contributed by atoms with Crippen molar-refractivity contribution in [2.24, 2.45) is 13.0 Å². The molecule has 2 aromatic heterocycles. The molecule has 5 rings (SSSR count). The number of hydrogen-bond donors (Lipinski definition) is 1. The third kappa shape index (κ3) is 3.49. The number of rotatable bonds is 5. The van der Waals surface area contributed by atoms with Crippen LogP contribution >= 0.6 is 0 Å². The van der Waals surface area contributed by atoms with Crippen LogP contribution in [0.25, 0.3) is 16.7 Å². The van der Waals surface area contributed by atoms with E-state index in [1.165, 1.54) is 4.68 Å². The predicted molar refractivity (Wildman–Crippen MR) is 128 cm³/mol. The molecule has 1 N–H and O–H groups in total. The van der Waals surface area contributed by atoms with Gasteiger partial charge in [0, 0.05) is 20.1 Å². The second-order valence-electron chi connectivity index (χ2n) is 8.77. The molecule has 1 saturated heterocycles. The standard InChI is InChI=1S/C23H25N7O4/c1-14-8-7-11-28(13-14)18-12-17(22(30(32)33)21-20(18)25-34-26-21)24-19-15(2)27(3)29(23(19)31)16-9-5-4-6-10-16/h4-6,9-10,12,14,24H,7-8,11,13H2,1-3H3. The van der Waals surface area contributed by atoms with Gasteiger partial charge in [0.05, 0.1) is 22.0 Å². The van der Waals surface area contributed by atoms with E-state index < -0.39 is 4.92 Å². The van der Waals surface area contributed by atoms with Gasteiger partial charge in [0.15, 0.2) is 5.52 Å². The van der Waals surface area contributed by atoms with Gasteiger partial charge < -0.3 is 10.2 Å². The number of fused-ring (bicyclic) bond motifs is 1. The van der Waals surface area contributed by atoms with Crippen molar-refractivity contribution in [3.8, 4) is 5.69 Å². The normalized spacial score (nSPS) is 16.2. The van der Waals surface area contributed by atoms with Gasteiger partial charge in [0.25, 0.3) is 5.56 Å². The number of nitro benzene ring substituents is 1. The molecular weight excluding hydrogens is 438 g/mol. The Labute approximate surface area is 194 Å². The van der Waals surface area contributed by atoms with E-state index in [1.54, 1.807) is 24.7 Å². The van der Waals surface area contributed by atoms with Crippen molar-refractivity contribution < 1.29 is 9.55 Å².